The lowest BCUT2D eigenvalue weighted by atomic mass is 10.0. The van der Waals surface area contributed by atoms with Crippen molar-refractivity contribution in [1.29, 1.82) is 0 Å². The van der Waals surface area contributed by atoms with E-state index in [1.54, 1.807) is 30.3 Å². The second-order valence-corrected chi connectivity index (χ2v) is 8.05. The molecule has 0 radical (unpaired) electrons. The summed E-state index contributed by atoms with van der Waals surface area (Å²) < 4.78 is 16.7. The molecule has 4 rings (SSSR count). The summed E-state index contributed by atoms with van der Waals surface area (Å²) in [6, 6.07) is 16.2. The number of anilines is 1. The molecule has 0 saturated carbocycles. The van der Waals surface area contributed by atoms with Gasteiger partial charge in [-0.25, -0.2) is 4.98 Å². The highest BCUT2D eigenvalue weighted by Gasteiger charge is 2.17. The van der Waals surface area contributed by atoms with E-state index in [0.717, 1.165) is 5.52 Å². The van der Waals surface area contributed by atoms with Gasteiger partial charge < -0.3 is 19.2 Å². The Bertz CT molecular complexity index is 1300. The Morgan fingerprint density at radius 2 is 1.75 bits per heavy atom. The fraction of sp³-hybridized carbons (Fsp3) is 0.200. The number of ether oxygens (including phenoxy) is 2. The van der Waals surface area contributed by atoms with E-state index < -0.39 is 0 Å². The average Bonchev–Trinajstić information content (AvgIpc) is 3.22. The van der Waals surface area contributed by atoms with Crippen molar-refractivity contribution in [1.82, 2.24) is 4.98 Å². The molecule has 32 heavy (non-hydrogen) atoms. The molecule has 1 N–H and O–H groups in total. The predicted octanol–water partition coefficient (Wildman–Crippen LogP) is 6.54. The number of methoxy groups -OCH3 is 2. The standard InChI is InChI=1S/C25H23ClN2O4/c1-14(2)15-5-9-23-20(11-15)28-25(32-23)16-6-8-22(31-4)19(12-16)27-24(29)18-13-17(26)7-10-21(18)30-3/h5-14H,1-4H3,(H,27,29). The summed E-state index contributed by atoms with van der Waals surface area (Å²) in [5.41, 5.74) is 4.18. The fourth-order valence-corrected chi connectivity index (χ4v) is 3.59. The molecule has 1 aromatic heterocycles. The number of amides is 1. The number of benzene rings is 3. The molecule has 0 spiro atoms. The molecule has 0 aliphatic heterocycles. The lowest BCUT2D eigenvalue weighted by Crippen LogP contribution is -2.14. The van der Waals surface area contributed by atoms with Crippen LogP contribution in [0.15, 0.2) is 59.0 Å². The Morgan fingerprint density at radius 3 is 2.47 bits per heavy atom. The van der Waals surface area contributed by atoms with Crippen LogP contribution in [0.3, 0.4) is 0 Å². The van der Waals surface area contributed by atoms with E-state index in [0.29, 0.717) is 50.7 Å². The maximum Gasteiger partial charge on any atom is 0.259 e. The number of aromatic nitrogens is 1. The minimum atomic E-state index is -0.376. The highest BCUT2D eigenvalue weighted by Crippen LogP contribution is 2.33. The van der Waals surface area contributed by atoms with Gasteiger partial charge in [-0.05, 0) is 60.0 Å². The van der Waals surface area contributed by atoms with Gasteiger partial charge in [0.05, 0.1) is 25.5 Å². The van der Waals surface area contributed by atoms with Crippen LogP contribution in [0.25, 0.3) is 22.6 Å². The van der Waals surface area contributed by atoms with Crippen LogP contribution in [0.4, 0.5) is 5.69 Å². The molecule has 7 heteroatoms. The van der Waals surface area contributed by atoms with Crippen molar-refractivity contribution in [3.63, 3.8) is 0 Å². The number of carbonyl (C=O) groups excluding carboxylic acids is 1. The van der Waals surface area contributed by atoms with E-state index in [1.807, 2.05) is 24.3 Å². The number of hydrogen-bond acceptors (Lipinski definition) is 5. The third-order valence-corrected chi connectivity index (χ3v) is 5.41. The number of rotatable bonds is 6. The average molecular weight is 451 g/mol. The number of carbonyl (C=O) groups is 1. The lowest BCUT2D eigenvalue weighted by molar-refractivity contribution is 0.102. The largest absolute Gasteiger partial charge is 0.496 e. The van der Waals surface area contributed by atoms with Crippen molar-refractivity contribution in [2.24, 2.45) is 0 Å². The fourth-order valence-electron chi connectivity index (χ4n) is 3.41. The van der Waals surface area contributed by atoms with Gasteiger partial charge in [0.1, 0.15) is 17.0 Å². The van der Waals surface area contributed by atoms with Crippen LogP contribution >= 0.6 is 11.6 Å². The first kappa shape index (κ1) is 21.7. The van der Waals surface area contributed by atoms with Gasteiger partial charge in [-0.2, -0.15) is 0 Å². The van der Waals surface area contributed by atoms with Gasteiger partial charge >= 0.3 is 0 Å². The molecule has 0 aliphatic carbocycles. The van der Waals surface area contributed by atoms with Crippen molar-refractivity contribution < 1.29 is 18.7 Å². The van der Waals surface area contributed by atoms with Crippen LogP contribution in [-0.4, -0.2) is 25.1 Å². The quantitative estimate of drug-likeness (QED) is 0.361. The molecule has 4 aromatic rings. The number of nitrogens with one attached hydrogen (secondary N) is 1. The smallest absolute Gasteiger partial charge is 0.259 e. The van der Waals surface area contributed by atoms with Crippen molar-refractivity contribution >= 4 is 34.3 Å². The zero-order chi connectivity index (χ0) is 22.8. The van der Waals surface area contributed by atoms with Crippen molar-refractivity contribution in [3.8, 4) is 23.0 Å². The lowest BCUT2D eigenvalue weighted by Gasteiger charge is -2.13. The monoisotopic (exact) mass is 450 g/mol. The molecule has 0 fully saturated rings. The highest BCUT2D eigenvalue weighted by atomic mass is 35.5. The number of halogens is 1. The van der Waals surface area contributed by atoms with Crippen LogP contribution in [0, 0.1) is 0 Å². The van der Waals surface area contributed by atoms with Crippen LogP contribution in [0.5, 0.6) is 11.5 Å². The SMILES string of the molecule is COc1ccc(-c2nc3cc(C(C)C)ccc3o2)cc1NC(=O)c1cc(Cl)ccc1OC. The van der Waals surface area contributed by atoms with Crippen molar-refractivity contribution in [2.45, 2.75) is 19.8 Å². The molecule has 0 atom stereocenters. The number of nitrogens with zero attached hydrogens (tertiary/aromatic N) is 1. The second-order valence-electron chi connectivity index (χ2n) is 7.61. The molecular formula is C25H23ClN2O4. The molecule has 0 unspecified atom stereocenters. The summed E-state index contributed by atoms with van der Waals surface area (Å²) in [6.45, 7) is 4.27. The normalized spacial score (nSPS) is 11.1. The van der Waals surface area contributed by atoms with Gasteiger partial charge in [0.25, 0.3) is 5.91 Å². The number of fused-ring (bicyclic) bond motifs is 1. The summed E-state index contributed by atoms with van der Waals surface area (Å²) in [5, 5.41) is 3.31. The molecule has 6 nitrogen and oxygen atoms in total. The zero-order valence-electron chi connectivity index (χ0n) is 18.2. The van der Waals surface area contributed by atoms with Crippen LogP contribution < -0.4 is 14.8 Å². The Kier molecular flexibility index (Phi) is 6.06. The first-order chi connectivity index (χ1) is 15.4. The topological polar surface area (TPSA) is 73.6 Å². The van der Waals surface area contributed by atoms with Gasteiger partial charge in [-0.3, -0.25) is 4.79 Å². The molecule has 3 aromatic carbocycles. The van der Waals surface area contributed by atoms with E-state index in [1.165, 1.54) is 19.8 Å². The van der Waals surface area contributed by atoms with Crippen molar-refractivity contribution in [2.75, 3.05) is 19.5 Å². The summed E-state index contributed by atoms with van der Waals surface area (Å²) in [4.78, 5) is 17.6. The Balaban J connectivity index is 1.70. The van der Waals surface area contributed by atoms with Crippen LogP contribution in [0.1, 0.15) is 35.7 Å². The predicted molar refractivity (Wildman–Crippen MR) is 126 cm³/mol. The summed E-state index contributed by atoms with van der Waals surface area (Å²) in [5.74, 6) is 1.40. The molecule has 0 aliphatic rings. The third-order valence-electron chi connectivity index (χ3n) is 5.18. The molecule has 1 amide bonds. The van der Waals surface area contributed by atoms with Gasteiger partial charge in [-0.1, -0.05) is 31.5 Å². The van der Waals surface area contributed by atoms with E-state index in [-0.39, 0.29) is 5.91 Å². The van der Waals surface area contributed by atoms with E-state index in [9.17, 15) is 4.79 Å². The first-order valence-electron chi connectivity index (χ1n) is 10.1. The summed E-state index contributed by atoms with van der Waals surface area (Å²) >= 11 is 6.07. The Labute approximate surface area is 191 Å². The molecule has 164 valence electrons. The summed E-state index contributed by atoms with van der Waals surface area (Å²) in [7, 11) is 3.04. The third kappa shape index (κ3) is 4.27. The summed E-state index contributed by atoms with van der Waals surface area (Å²) in [6.07, 6.45) is 0. The molecule has 0 saturated heterocycles. The Morgan fingerprint density at radius 1 is 1.00 bits per heavy atom. The second kappa shape index (κ2) is 8.93. The number of oxazole rings is 1. The van der Waals surface area contributed by atoms with Crippen LogP contribution in [0.2, 0.25) is 5.02 Å². The molecule has 1 heterocycles. The molecule has 0 bridgehead atoms. The van der Waals surface area contributed by atoms with E-state index in [4.69, 9.17) is 25.5 Å². The van der Waals surface area contributed by atoms with Gasteiger partial charge in [-0.15, -0.1) is 0 Å². The van der Waals surface area contributed by atoms with Crippen LogP contribution in [-0.2, 0) is 0 Å². The minimum Gasteiger partial charge on any atom is -0.496 e. The van der Waals surface area contributed by atoms with Gasteiger partial charge in [0.15, 0.2) is 5.58 Å². The van der Waals surface area contributed by atoms with Gasteiger partial charge in [0.2, 0.25) is 5.89 Å². The van der Waals surface area contributed by atoms with Crippen molar-refractivity contribution in [3.05, 3.63) is 70.7 Å². The van der Waals surface area contributed by atoms with E-state index in [2.05, 4.69) is 24.1 Å². The van der Waals surface area contributed by atoms with E-state index >= 15 is 0 Å². The first-order valence-corrected chi connectivity index (χ1v) is 10.5. The highest BCUT2D eigenvalue weighted by molar-refractivity contribution is 6.31. The molecular weight excluding hydrogens is 428 g/mol. The van der Waals surface area contributed by atoms with Gasteiger partial charge in [0, 0.05) is 10.6 Å². The Hall–Kier alpha value is -3.51. The maximum atomic E-state index is 13.0. The number of hydrogen-bond donors (Lipinski definition) is 1. The minimum absolute atomic E-state index is 0.315. The zero-order valence-corrected chi connectivity index (χ0v) is 19.0. The maximum absolute atomic E-state index is 13.0.